The second kappa shape index (κ2) is 6.50. The van der Waals surface area contributed by atoms with Crippen LogP contribution in [0.2, 0.25) is 10.0 Å². The zero-order valence-electron chi connectivity index (χ0n) is 12.2. The van der Waals surface area contributed by atoms with Crippen LogP contribution >= 0.6 is 23.2 Å². The minimum absolute atomic E-state index is 0.0649. The average Bonchev–Trinajstić information content (AvgIpc) is 2.45. The molecule has 0 heterocycles. The van der Waals surface area contributed by atoms with E-state index in [9.17, 15) is 4.79 Å². The molecular weight excluding hydrogens is 307 g/mol. The maximum atomic E-state index is 12.6. The molecule has 0 aliphatic rings. The molecule has 2 nitrogen and oxygen atoms in total. The highest BCUT2D eigenvalue weighted by atomic mass is 35.5. The Balaban J connectivity index is 2.40. The third-order valence-electron chi connectivity index (χ3n) is 3.58. The zero-order chi connectivity index (χ0) is 15.6. The Morgan fingerprint density at radius 3 is 2.29 bits per heavy atom. The van der Waals surface area contributed by atoms with Crippen molar-refractivity contribution in [2.24, 2.45) is 0 Å². The van der Waals surface area contributed by atoms with Gasteiger partial charge in [-0.2, -0.15) is 0 Å². The summed E-state index contributed by atoms with van der Waals surface area (Å²) >= 11 is 12.2. The Hall–Kier alpha value is -1.51. The van der Waals surface area contributed by atoms with Gasteiger partial charge in [-0.1, -0.05) is 35.3 Å². The topological polar surface area (TPSA) is 26.3 Å². The monoisotopic (exact) mass is 322 g/mol. The largest absolute Gasteiger partial charge is 0.496 e. The van der Waals surface area contributed by atoms with E-state index in [0.717, 1.165) is 11.1 Å². The number of halogens is 2. The van der Waals surface area contributed by atoms with E-state index in [1.54, 1.807) is 31.4 Å². The number of methoxy groups -OCH3 is 1. The van der Waals surface area contributed by atoms with E-state index in [0.29, 0.717) is 26.9 Å². The Bertz CT molecular complexity index is 673. The maximum Gasteiger partial charge on any atom is 0.171 e. The number of hydrogen-bond donors (Lipinski definition) is 0. The van der Waals surface area contributed by atoms with E-state index < -0.39 is 0 Å². The molecule has 21 heavy (non-hydrogen) atoms. The number of carbonyl (C=O) groups excluding carboxylic acids is 1. The fourth-order valence-corrected chi connectivity index (χ4v) is 2.76. The Morgan fingerprint density at radius 2 is 1.71 bits per heavy atom. The van der Waals surface area contributed by atoms with Crippen LogP contribution in [0.15, 0.2) is 30.3 Å². The van der Waals surface area contributed by atoms with Crippen molar-refractivity contribution in [2.75, 3.05) is 7.11 Å². The first-order valence-corrected chi connectivity index (χ1v) is 7.31. The van der Waals surface area contributed by atoms with Crippen molar-refractivity contribution < 1.29 is 9.53 Å². The van der Waals surface area contributed by atoms with Crippen LogP contribution in [0.4, 0.5) is 0 Å². The third kappa shape index (κ3) is 3.22. The number of rotatable bonds is 4. The smallest absolute Gasteiger partial charge is 0.171 e. The molecule has 0 amide bonds. The van der Waals surface area contributed by atoms with E-state index in [-0.39, 0.29) is 12.2 Å². The minimum atomic E-state index is -0.0649. The summed E-state index contributed by atoms with van der Waals surface area (Å²) in [5.74, 6) is 0.549. The van der Waals surface area contributed by atoms with E-state index >= 15 is 0 Å². The van der Waals surface area contributed by atoms with Crippen molar-refractivity contribution in [2.45, 2.75) is 20.3 Å². The lowest BCUT2D eigenvalue weighted by Gasteiger charge is -2.13. The van der Waals surface area contributed by atoms with Crippen LogP contribution in [0.5, 0.6) is 5.75 Å². The second-order valence-corrected chi connectivity index (χ2v) is 5.70. The molecule has 0 saturated carbocycles. The van der Waals surface area contributed by atoms with Gasteiger partial charge in [0.2, 0.25) is 0 Å². The van der Waals surface area contributed by atoms with E-state index in [1.807, 2.05) is 19.9 Å². The summed E-state index contributed by atoms with van der Waals surface area (Å²) in [6.45, 7) is 3.92. The van der Waals surface area contributed by atoms with Gasteiger partial charge in [-0.3, -0.25) is 4.79 Å². The molecular formula is C17H16Cl2O2. The fourth-order valence-electron chi connectivity index (χ4n) is 2.23. The zero-order valence-corrected chi connectivity index (χ0v) is 13.7. The van der Waals surface area contributed by atoms with Crippen molar-refractivity contribution >= 4 is 29.0 Å². The van der Waals surface area contributed by atoms with Crippen LogP contribution in [0, 0.1) is 13.8 Å². The molecule has 2 aromatic rings. The number of aryl methyl sites for hydroxylation is 1. The molecule has 2 aromatic carbocycles. The first-order valence-electron chi connectivity index (χ1n) is 6.56. The molecule has 2 rings (SSSR count). The van der Waals surface area contributed by atoms with E-state index in [1.165, 1.54) is 0 Å². The molecule has 0 aliphatic heterocycles. The summed E-state index contributed by atoms with van der Waals surface area (Å²) < 4.78 is 5.39. The van der Waals surface area contributed by atoms with E-state index in [2.05, 4.69) is 0 Å². The molecule has 0 spiro atoms. The molecule has 0 fully saturated rings. The molecule has 0 saturated heterocycles. The van der Waals surface area contributed by atoms with Gasteiger partial charge in [0.1, 0.15) is 5.75 Å². The Morgan fingerprint density at radius 1 is 1.10 bits per heavy atom. The Labute approximate surface area is 134 Å². The maximum absolute atomic E-state index is 12.6. The van der Waals surface area contributed by atoms with Crippen LogP contribution in [-0.4, -0.2) is 12.9 Å². The van der Waals surface area contributed by atoms with Crippen molar-refractivity contribution in [1.29, 1.82) is 0 Å². The van der Waals surface area contributed by atoms with Crippen molar-refractivity contribution in [3.8, 4) is 5.75 Å². The predicted octanol–water partition coefficient (Wildman–Crippen LogP) is 5.04. The van der Waals surface area contributed by atoms with Crippen LogP contribution in [0.3, 0.4) is 0 Å². The van der Waals surface area contributed by atoms with Crippen molar-refractivity contribution in [3.05, 3.63) is 62.6 Å². The number of ketones is 1. The van der Waals surface area contributed by atoms with Crippen LogP contribution in [-0.2, 0) is 6.42 Å². The quantitative estimate of drug-likeness (QED) is 0.737. The number of hydrogen-bond acceptors (Lipinski definition) is 2. The number of ether oxygens (including phenoxy) is 1. The van der Waals surface area contributed by atoms with Crippen LogP contribution < -0.4 is 4.74 Å². The van der Waals surface area contributed by atoms with Gasteiger partial charge in [0, 0.05) is 16.5 Å². The van der Waals surface area contributed by atoms with Gasteiger partial charge in [0.25, 0.3) is 0 Å². The van der Waals surface area contributed by atoms with Gasteiger partial charge in [-0.05, 0) is 48.7 Å². The number of benzene rings is 2. The summed E-state index contributed by atoms with van der Waals surface area (Å²) in [6.07, 6.45) is 0.150. The standard InChI is InChI=1S/C17H16Cl2O2/c1-10-7-8-12(17(21-3)11(10)2)16(20)9-13-14(18)5-4-6-15(13)19/h4-8H,9H2,1-3H3. The van der Waals surface area contributed by atoms with Gasteiger partial charge in [-0.15, -0.1) is 0 Å². The predicted molar refractivity (Wildman–Crippen MR) is 87.0 cm³/mol. The van der Waals surface area contributed by atoms with Crippen LogP contribution in [0.25, 0.3) is 0 Å². The lowest BCUT2D eigenvalue weighted by atomic mass is 9.97. The molecule has 0 aromatic heterocycles. The summed E-state index contributed by atoms with van der Waals surface area (Å²) in [4.78, 5) is 12.6. The first-order chi connectivity index (χ1) is 9.95. The summed E-state index contributed by atoms with van der Waals surface area (Å²) in [6, 6.07) is 8.92. The van der Waals surface area contributed by atoms with Crippen molar-refractivity contribution in [1.82, 2.24) is 0 Å². The molecule has 0 N–H and O–H groups in total. The molecule has 0 aliphatic carbocycles. The fraction of sp³-hybridized carbons (Fsp3) is 0.235. The number of Topliss-reactive ketones (excluding diaryl/α,β-unsaturated/α-hetero) is 1. The lowest BCUT2D eigenvalue weighted by Crippen LogP contribution is -2.08. The molecule has 0 radical (unpaired) electrons. The van der Waals surface area contributed by atoms with Gasteiger partial charge < -0.3 is 4.74 Å². The molecule has 4 heteroatoms. The van der Waals surface area contributed by atoms with Gasteiger partial charge in [0.15, 0.2) is 5.78 Å². The summed E-state index contributed by atoms with van der Waals surface area (Å²) in [5.41, 5.74) is 3.25. The summed E-state index contributed by atoms with van der Waals surface area (Å²) in [5, 5.41) is 0.998. The van der Waals surface area contributed by atoms with Gasteiger partial charge >= 0.3 is 0 Å². The second-order valence-electron chi connectivity index (χ2n) is 4.89. The highest BCUT2D eigenvalue weighted by Crippen LogP contribution is 2.30. The number of carbonyl (C=O) groups is 1. The van der Waals surface area contributed by atoms with E-state index in [4.69, 9.17) is 27.9 Å². The average molecular weight is 323 g/mol. The van der Waals surface area contributed by atoms with Gasteiger partial charge in [0.05, 0.1) is 12.7 Å². The molecule has 110 valence electrons. The van der Waals surface area contributed by atoms with Crippen LogP contribution in [0.1, 0.15) is 27.0 Å². The lowest BCUT2D eigenvalue weighted by molar-refractivity contribution is 0.0990. The van der Waals surface area contributed by atoms with Gasteiger partial charge in [-0.25, -0.2) is 0 Å². The molecule has 0 atom stereocenters. The SMILES string of the molecule is COc1c(C(=O)Cc2c(Cl)cccc2Cl)ccc(C)c1C. The first kappa shape index (κ1) is 15.9. The third-order valence-corrected chi connectivity index (χ3v) is 4.29. The minimum Gasteiger partial charge on any atom is -0.496 e. The molecule has 0 unspecified atom stereocenters. The Kier molecular flexibility index (Phi) is 4.92. The summed E-state index contributed by atoms with van der Waals surface area (Å²) in [7, 11) is 1.57. The normalized spacial score (nSPS) is 10.5. The van der Waals surface area contributed by atoms with Crippen molar-refractivity contribution in [3.63, 3.8) is 0 Å². The molecule has 0 bridgehead atoms. The highest BCUT2D eigenvalue weighted by Gasteiger charge is 2.18. The highest BCUT2D eigenvalue weighted by molar-refractivity contribution is 6.36.